The lowest BCUT2D eigenvalue weighted by molar-refractivity contribution is 0.630. The van der Waals surface area contributed by atoms with Crippen molar-refractivity contribution in [2.24, 2.45) is 0 Å². The zero-order chi connectivity index (χ0) is 12.4. The lowest BCUT2D eigenvalue weighted by Gasteiger charge is -2.11. The molecule has 0 amide bonds. The van der Waals surface area contributed by atoms with Crippen LogP contribution in [0.5, 0.6) is 0 Å². The summed E-state index contributed by atoms with van der Waals surface area (Å²) < 4.78 is 14.7. The molecule has 0 saturated heterocycles. The monoisotopic (exact) mass is 312 g/mol. The van der Waals surface area contributed by atoms with Gasteiger partial charge in [-0.15, -0.1) is 0 Å². The van der Waals surface area contributed by atoms with Gasteiger partial charge in [-0.05, 0) is 41.8 Å². The van der Waals surface area contributed by atoms with Crippen LogP contribution < -0.4 is 0 Å². The van der Waals surface area contributed by atoms with Gasteiger partial charge in [0.2, 0.25) is 0 Å². The van der Waals surface area contributed by atoms with E-state index in [9.17, 15) is 4.39 Å². The summed E-state index contributed by atoms with van der Waals surface area (Å²) in [5, 5.41) is 0.618. The quantitative estimate of drug-likeness (QED) is 0.689. The maximum Gasteiger partial charge on any atom is 0.132 e. The molecule has 88 valence electrons. The van der Waals surface area contributed by atoms with E-state index in [1.54, 1.807) is 6.07 Å². The Labute approximate surface area is 114 Å². The third-order valence-electron chi connectivity index (χ3n) is 2.68. The molecular weight excluding hydrogens is 303 g/mol. The van der Waals surface area contributed by atoms with Gasteiger partial charge in [-0.25, -0.2) is 4.39 Å². The molecule has 0 aliphatic heterocycles. The van der Waals surface area contributed by atoms with Crippen molar-refractivity contribution in [2.45, 2.75) is 13.3 Å². The van der Waals surface area contributed by atoms with E-state index >= 15 is 0 Å². The van der Waals surface area contributed by atoms with E-state index in [0.29, 0.717) is 10.6 Å². The van der Waals surface area contributed by atoms with Crippen LogP contribution in [0.3, 0.4) is 0 Å². The first-order chi connectivity index (χ1) is 8.13. The molecular formula is C14H11BrClF. The Morgan fingerprint density at radius 2 is 2.00 bits per heavy atom. The molecule has 0 radical (unpaired) electrons. The highest BCUT2D eigenvalue weighted by Crippen LogP contribution is 2.34. The van der Waals surface area contributed by atoms with Gasteiger partial charge < -0.3 is 0 Å². The molecule has 2 aromatic carbocycles. The molecule has 0 heterocycles. The zero-order valence-electron chi connectivity index (χ0n) is 9.31. The van der Waals surface area contributed by atoms with Gasteiger partial charge in [0.1, 0.15) is 5.82 Å². The molecule has 0 aromatic heterocycles. The summed E-state index contributed by atoms with van der Waals surface area (Å²) in [6.45, 7) is 2.04. The summed E-state index contributed by atoms with van der Waals surface area (Å²) in [6.07, 6.45) is 0.841. The topological polar surface area (TPSA) is 0 Å². The largest absolute Gasteiger partial charge is 0.206 e. The van der Waals surface area contributed by atoms with Crippen LogP contribution in [0.25, 0.3) is 11.1 Å². The normalized spacial score (nSPS) is 10.6. The molecule has 0 unspecified atom stereocenters. The molecule has 0 aliphatic carbocycles. The standard InChI is InChI=1S/C14H11BrClF/c1-2-9-6-7-10(16)8-11(9)14-12(15)4-3-5-13(14)17/h3-8H,2H2,1H3. The Hall–Kier alpha value is -0.860. The molecule has 2 aromatic rings. The highest BCUT2D eigenvalue weighted by molar-refractivity contribution is 9.10. The van der Waals surface area contributed by atoms with Crippen molar-refractivity contribution in [3.05, 3.63) is 57.3 Å². The summed E-state index contributed by atoms with van der Waals surface area (Å²) in [7, 11) is 0. The number of aryl methyl sites for hydroxylation is 1. The molecule has 0 atom stereocenters. The Kier molecular flexibility index (Phi) is 3.85. The van der Waals surface area contributed by atoms with Crippen molar-refractivity contribution < 1.29 is 4.39 Å². The summed E-state index contributed by atoms with van der Waals surface area (Å²) in [5.74, 6) is -0.239. The molecule has 0 aliphatic rings. The van der Waals surface area contributed by atoms with Gasteiger partial charge in [0, 0.05) is 15.1 Å². The molecule has 2 rings (SSSR count). The van der Waals surface area contributed by atoms with Gasteiger partial charge >= 0.3 is 0 Å². The molecule has 0 fully saturated rings. The zero-order valence-corrected chi connectivity index (χ0v) is 11.6. The van der Waals surface area contributed by atoms with Crippen molar-refractivity contribution in [2.75, 3.05) is 0 Å². The number of hydrogen-bond donors (Lipinski definition) is 0. The third-order valence-corrected chi connectivity index (χ3v) is 3.58. The summed E-state index contributed by atoms with van der Waals surface area (Å²) >= 11 is 9.38. The van der Waals surface area contributed by atoms with E-state index in [-0.39, 0.29) is 5.82 Å². The van der Waals surface area contributed by atoms with Crippen molar-refractivity contribution in [1.82, 2.24) is 0 Å². The molecule has 0 bridgehead atoms. The fourth-order valence-electron chi connectivity index (χ4n) is 1.84. The summed E-state index contributed by atoms with van der Waals surface area (Å²) in [6, 6.07) is 10.6. The molecule has 0 spiro atoms. The van der Waals surface area contributed by atoms with Crippen LogP contribution in [-0.2, 0) is 6.42 Å². The highest BCUT2D eigenvalue weighted by atomic mass is 79.9. The highest BCUT2D eigenvalue weighted by Gasteiger charge is 2.12. The maximum atomic E-state index is 13.9. The van der Waals surface area contributed by atoms with E-state index in [1.165, 1.54) is 6.07 Å². The number of halogens is 3. The minimum absolute atomic E-state index is 0.239. The van der Waals surface area contributed by atoms with Crippen LogP contribution in [-0.4, -0.2) is 0 Å². The van der Waals surface area contributed by atoms with Crippen molar-refractivity contribution in [3.63, 3.8) is 0 Å². The van der Waals surface area contributed by atoms with E-state index in [2.05, 4.69) is 15.9 Å². The Bertz CT molecular complexity index is 532. The lowest BCUT2D eigenvalue weighted by atomic mass is 9.98. The molecule has 0 N–H and O–H groups in total. The Morgan fingerprint density at radius 1 is 1.24 bits per heavy atom. The second-order valence-electron chi connectivity index (χ2n) is 3.75. The first-order valence-electron chi connectivity index (χ1n) is 5.36. The average Bonchev–Trinajstić information content (AvgIpc) is 2.29. The first kappa shape index (κ1) is 12.6. The number of benzene rings is 2. The Morgan fingerprint density at radius 3 is 2.65 bits per heavy atom. The van der Waals surface area contributed by atoms with Crippen LogP contribution in [0.1, 0.15) is 12.5 Å². The second-order valence-corrected chi connectivity index (χ2v) is 5.04. The van der Waals surface area contributed by atoms with Crippen LogP contribution in [0.4, 0.5) is 4.39 Å². The van der Waals surface area contributed by atoms with Crippen molar-refractivity contribution in [3.8, 4) is 11.1 Å². The van der Waals surface area contributed by atoms with Crippen LogP contribution in [0.2, 0.25) is 5.02 Å². The van der Waals surface area contributed by atoms with E-state index in [1.807, 2.05) is 31.2 Å². The van der Waals surface area contributed by atoms with E-state index in [0.717, 1.165) is 22.0 Å². The van der Waals surface area contributed by atoms with Gasteiger partial charge in [0.25, 0.3) is 0 Å². The van der Waals surface area contributed by atoms with Gasteiger partial charge in [-0.1, -0.05) is 46.6 Å². The second kappa shape index (κ2) is 5.19. The molecule has 3 heteroatoms. The van der Waals surface area contributed by atoms with Crippen molar-refractivity contribution >= 4 is 27.5 Å². The van der Waals surface area contributed by atoms with Crippen molar-refractivity contribution in [1.29, 1.82) is 0 Å². The number of hydrogen-bond acceptors (Lipinski definition) is 0. The average molecular weight is 314 g/mol. The predicted octanol–water partition coefficient (Wildman–Crippen LogP) is 5.47. The van der Waals surface area contributed by atoms with Crippen LogP contribution in [0, 0.1) is 5.82 Å². The van der Waals surface area contributed by atoms with Gasteiger partial charge in [-0.3, -0.25) is 0 Å². The fourth-order valence-corrected chi connectivity index (χ4v) is 2.57. The van der Waals surface area contributed by atoms with Gasteiger partial charge in [0.15, 0.2) is 0 Å². The van der Waals surface area contributed by atoms with Gasteiger partial charge in [0.05, 0.1) is 0 Å². The minimum Gasteiger partial charge on any atom is -0.206 e. The maximum absolute atomic E-state index is 13.9. The summed E-state index contributed by atoms with van der Waals surface area (Å²) in [5.41, 5.74) is 2.51. The minimum atomic E-state index is -0.239. The predicted molar refractivity (Wildman–Crippen MR) is 73.9 cm³/mol. The smallest absolute Gasteiger partial charge is 0.132 e. The Balaban J connectivity index is 2.71. The fraction of sp³-hybridized carbons (Fsp3) is 0.143. The first-order valence-corrected chi connectivity index (χ1v) is 6.53. The summed E-state index contributed by atoms with van der Waals surface area (Å²) in [4.78, 5) is 0. The number of rotatable bonds is 2. The van der Waals surface area contributed by atoms with E-state index in [4.69, 9.17) is 11.6 Å². The van der Waals surface area contributed by atoms with Crippen LogP contribution >= 0.6 is 27.5 Å². The SMILES string of the molecule is CCc1ccc(Cl)cc1-c1c(F)cccc1Br. The third kappa shape index (κ3) is 2.53. The van der Waals surface area contributed by atoms with E-state index < -0.39 is 0 Å². The molecule has 0 saturated carbocycles. The molecule has 0 nitrogen and oxygen atoms in total. The van der Waals surface area contributed by atoms with Gasteiger partial charge in [-0.2, -0.15) is 0 Å². The van der Waals surface area contributed by atoms with Crippen LogP contribution in [0.15, 0.2) is 40.9 Å². The molecule has 17 heavy (non-hydrogen) atoms. The lowest BCUT2D eigenvalue weighted by Crippen LogP contribution is -1.92.